The number of ether oxygens (including phenoxy) is 1. The number of aryl methyl sites for hydroxylation is 2. The van der Waals surface area contributed by atoms with E-state index in [9.17, 15) is 9.59 Å². The van der Waals surface area contributed by atoms with E-state index in [0.29, 0.717) is 45.1 Å². The number of nitrogens with one attached hydrogen (secondary N) is 3. The smallest absolute Gasteiger partial charge is 0.411 e. The lowest BCUT2D eigenvalue weighted by molar-refractivity contribution is -0.117. The van der Waals surface area contributed by atoms with Gasteiger partial charge < -0.3 is 15.0 Å². The average molecular weight is 658 g/mol. The molecule has 2 aromatic heterocycles. The van der Waals surface area contributed by atoms with Crippen LogP contribution in [0.25, 0.3) is 23.0 Å². The number of aromatic amines is 1. The molecule has 6 rings (SSSR count). The number of tetrazole rings is 1. The van der Waals surface area contributed by atoms with Crippen LogP contribution in [0.15, 0.2) is 73.1 Å². The Kier molecular flexibility index (Phi) is 9.41. The minimum atomic E-state index is -0.546. The standard InChI is InChI=1S/C33H30Cl2N8O3/c1-46-33(45)37-25-11-12-26-22(18-25)8-3-2-5-20-6-4-7-21(15-20)16-27(32-39-30(26)31(35)40-32)38-29(44)14-9-23-17-24(34)10-13-28(23)43-19-36-41-42-43/h4,6-7,9-15,17-19,27H,2-3,5,8,16H2,1H3,(H,37,45)(H,38,44)(H,39,40)/t27-/m0/s1. The monoisotopic (exact) mass is 656 g/mol. The first kappa shape index (κ1) is 31.0. The molecule has 5 aromatic rings. The molecule has 234 valence electrons. The number of rotatable bonds is 5. The Bertz CT molecular complexity index is 1900. The molecule has 1 aliphatic rings. The summed E-state index contributed by atoms with van der Waals surface area (Å²) in [5, 5.41) is 18.1. The molecule has 0 unspecified atom stereocenters. The van der Waals surface area contributed by atoms with Crippen LogP contribution < -0.4 is 10.6 Å². The summed E-state index contributed by atoms with van der Waals surface area (Å²) in [5.74, 6) is 0.182. The van der Waals surface area contributed by atoms with Gasteiger partial charge in [-0.15, -0.1) is 5.10 Å². The van der Waals surface area contributed by atoms with Gasteiger partial charge in [-0.05, 0) is 95.6 Å². The Labute approximate surface area is 275 Å². The normalized spacial score (nSPS) is 14.7. The molecule has 11 nitrogen and oxygen atoms in total. The fraction of sp³-hybridized carbons (Fsp3) is 0.212. The minimum Gasteiger partial charge on any atom is -0.453 e. The van der Waals surface area contributed by atoms with Gasteiger partial charge >= 0.3 is 6.09 Å². The summed E-state index contributed by atoms with van der Waals surface area (Å²) < 4.78 is 6.27. The fourth-order valence-electron chi connectivity index (χ4n) is 5.52. The number of aromatic nitrogens is 6. The third kappa shape index (κ3) is 7.27. The number of nitrogens with zero attached hydrogens (tertiary/aromatic N) is 5. The van der Waals surface area contributed by atoms with Crippen molar-refractivity contribution in [3.05, 3.63) is 111 Å². The number of anilines is 1. The number of imidazole rings is 1. The summed E-state index contributed by atoms with van der Waals surface area (Å²) in [4.78, 5) is 33.4. The van der Waals surface area contributed by atoms with Crippen LogP contribution in [-0.2, 0) is 28.8 Å². The maximum absolute atomic E-state index is 13.4. The van der Waals surface area contributed by atoms with E-state index in [2.05, 4.69) is 43.3 Å². The van der Waals surface area contributed by atoms with Gasteiger partial charge in [0.2, 0.25) is 5.91 Å². The van der Waals surface area contributed by atoms with Crippen molar-refractivity contribution in [2.45, 2.75) is 38.1 Å². The highest BCUT2D eigenvalue weighted by atomic mass is 35.5. The van der Waals surface area contributed by atoms with Crippen molar-refractivity contribution >= 4 is 47.0 Å². The molecule has 0 saturated carbocycles. The summed E-state index contributed by atoms with van der Waals surface area (Å²) in [6, 6.07) is 18.7. The van der Waals surface area contributed by atoms with Crippen LogP contribution >= 0.6 is 23.2 Å². The van der Waals surface area contributed by atoms with Crippen LogP contribution in [0.5, 0.6) is 0 Å². The van der Waals surface area contributed by atoms with Crippen LogP contribution in [0.2, 0.25) is 10.2 Å². The Balaban J connectivity index is 1.34. The highest BCUT2D eigenvalue weighted by Gasteiger charge is 2.23. The van der Waals surface area contributed by atoms with Gasteiger partial charge in [0.15, 0.2) is 0 Å². The highest BCUT2D eigenvalue weighted by Crippen LogP contribution is 2.34. The van der Waals surface area contributed by atoms with Crippen LogP contribution in [0.4, 0.5) is 10.5 Å². The van der Waals surface area contributed by atoms with Crippen LogP contribution in [0.3, 0.4) is 0 Å². The second-order valence-electron chi connectivity index (χ2n) is 10.9. The first-order valence-corrected chi connectivity index (χ1v) is 15.4. The predicted octanol–water partition coefficient (Wildman–Crippen LogP) is 6.53. The largest absolute Gasteiger partial charge is 0.453 e. The lowest BCUT2D eigenvalue weighted by Gasteiger charge is -2.17. The van der Waals surface area contributed by atoms with Crippen LogP contribution in [0, 0.1) is 0 Å². The molecule has 0 radical (unpaired) electrons. The molecule has 1 aliphatic heterocycles. The third-order valence-corrected chi connectivity index (χ3v) is 8.22. The van der Waals surface area contributed by atoms with Crippen molar-refractivity contribution in [3.8, 4) is 16.9 Å². The number of hydrogen-bond acceptors (Lipinski definition) is 7. The first-order valence-electron chi connectivity index (χ1n) is 14.7. The van der Waals surface area contributed by atoms with Crippen LogP contribution in [-0.4, -0.2) is 49.3 Å². The zero-order valence-corrected chi connectivity index (χ0v) is 26.3. The SMILES string of the molecule is COC(=O)Nc1ccc2c(c1)CCCCc1cccc(c1)C[C@H](NC(=O)C=Cc1cc(Cl)ccc1-n1cnnn1)c1nc-2c(Cl)[nH]1. The Morgan fingerprint density at radius 1 is 1.04 bits per heavy atom. The summed E-state index contributed by atoms with van der Waals surface area (Å²) in [6.45, 7) is 0. The number of carbonyl (C=O) groups excluding carboxylic acids is 2. The Morgan fingerprint density at radius 2 is 1.89 bits per heavy atom. The predicted molar refractivity (Wildman–Crippen MR) is 176 cm³/mol. The van der Waals surface area contributed by atoms with Gasteiger partial charge in [0, 0.05) is 27.9 Å². The molecular weight excluding hydrogens is 627 g/mol. The average Bonchev–Trinajstić information content (AvgIpc) is 3.72. The molecule has 0 fully saturated rings. The zero-order valence-electron chi connectivity index (χ0n) is 24.8. The summed E-state index contributed by atoms with van der Waals surface area (Å²) in [7, 11) is 1.32. The summed E-state index contributed by atoms with van der Waals surface area (Å²) in [6.07, 6.45) is 8.08. The highest BCUT2D eigenvalue weighted by molar-refractivity contribution is 6.32. The van der Waals surface area contributed by atoms with Gasteiger partial charge in [0.1, 0.15) is 23.0 Å². The Morgan fingerprint density at radius 3 is 2.72 bits per heavy atom. The number of fused-ring (bicyclic) bond motifs is 6. The molecule has 3 heterocycles. The fourth-order valence-corrected chi connectivity index (χ4v) is 5.95. The maximum Gasteiger partial charge on any atom is 0.411 e. The van der Waals surface area contributed by atoms with Gasteiger partial charge in [-0.1, -0.05) is 53.5 Å². The first-order chi connectivity index (χ1) is 22.4. The molecule has 4 bridgehead atoms. The van der Waals surface area contributed by atoms with Crippen LogP contribution in [0.1, 0.15) is 47.0 Å². The Hall–Kier alpha value is -5.00. The molecule has 2 amide bonds. The number of H-pyrrole nitrogens is 1. The number of carbonyl (C=O) groups is 2. The second-order valence-corrected chi connectivity index (χ2v) is 11.7. The van der Waals surface area contributed by atoms with E-state index in [1.54, 1.807) is 30.3 Å². The van der Waals surface area contributed by atoms with Crippen molar-refractivity contribution in [1.29, 1.82) is 0 Å². The van der Waals surface area contributed by atoms with Gasteiger partial charge in [-0.25, -0.2) is 9.78 Å². The van der Waals surface area contributed by atoms with Crippen molar-refractivity contribution in [1.82, 2.24) is 35.5 Å². The lowest BCUT2D eigenvalue weighted by atomic mass is 9.96. The molecule has 46 heavy (non-hydrogen) atoms. The van der Waals surface area contributed by atoms with Gasteiger partial charge in [0.05, 0.1) is 18.8 Å². The second kappa shape index (κ2) is 14.0. The number of hydrogen-bond donors (Lipinski definition) is 3. The van der Waals surface area contributed by atoms with Gasteiger partial charge in [-0.2, -0.15) is 4.68 Å². The van der Waals surface area contributed by atoms with E-state index in [1.165, 1.54) is 29.8 Å². The van der Waals surface area contributed by atoms with Gasteiger partial charge in [0.25, 0.3) is 0 Å². The quantitative estimate of drug-likeness (QED) is 0.183. The van der Waals surface area contributed by atoms with E-state index in [-0.39, 0.29) is 5.91 Å². The molecule has 3 N–H and O–H groups in total. The summed E-state index contributed by atoms with van der Waals surface area (Å²) in [5.41, 5.74) is 6.63. The molecule has 0 saturated heterocycles. The molecule has 1 atom stereocenters. The van der Waals surface area contributed by atoms with Crippen molar-refractivity contribution in [2.75, 3.05) is 12.4 Å². The van der Waals surface area contributed by atoms with Crippen molar-refractivity contribution in [3.63, 3.8) is 0 Å². The number of amides is 2. The molecule has 0 aliphatic carbocycles. The molecule has 3 aromatic carbocycles. The summed E-state index contributed by atoms with van der Waals surface area (Å²) >= 11 is 13.0. The minimum absolute atomic E-state index is 0.335. The number of halogens is 2. The van der Waals surface area contributed by atoms with Gasteiger partial charge in [-0.3, -0.25) is 10.1 Å². The van der Waals surface area contributed by atoms with E-state index in [4.69, 9.17) is 32.9 Å². The van der Waals surface area contributed by atoms with E-state index in [0.717, 1.165) is 42.4 Å². The molecule has 0 spiro atoms. The third-order valence-electron chi connectivity index (χ3n) is 7.71. The lowest BCUT2D eigenvalue weighted by Crippen LogP contribution is -2.29. The van der Waals surface area contributed by atoms with E-state index < -0.39 is 12.1 Å². The maximum atomic E-state index is 13.4. The van der Waals surface area contributed by atoms with Crippen molar-refractivity contribution < 1.29 is 14.3 Å². The van der Waals surface area contributed by atoms with Crippen molar-refractivity contribution in [2.24, 2.45) is 0 Å². The molecular formula is C33H30Cl2N8O3. The zero-order chi connectivity index (χ0) is 32.0. The number of methoxy groups -OCH3 is 1. The molecule has 13 heteroatoms. The van der Waals surface area contributed by atoms with E-state index in [1.807, 2.05) is 24.3 Å². The number of benzene rings is 3. The van der Waals surface area contributed by atoms with E-state index >= 15 is 0 Å². The topological polar surface area (TPSA) is 140 Å².